The first kappa shape index (κ1) is 22.4. The Morgan fingerprint density at radius 2 is 1.92 bits per heavy atom. The largest absolute Gasteiger partial charge is 0.494 e. The number of hydrogen-bond acceptors (Lipinski definition) is 7. The van der Waals surface area contributed by atoms with E-state index < -0.39 is 0 Å². The molecule has 0 radical (unpaired) electrons. The van der Waals surface area contributed by atoms with Gasteiger partial charge < -0.3 is 4.74 Å². The summed E-state index contributed by atoms with van der Waals surface area (Å²) in [5.74, 6) is 1.39. The van der Waals surface area contributed by atoms with E-state index in [4.69, 9.17) is 9.84 Å². The lowest BCUT2D eigenvalue weighted by atomic mass is 10.0. The quantitative estimate of drug-likeness (QED) is 0.315. The zero-order valence-corrected chi connectivity index (χ0v) is 21.2. The van der Waals surface area contributed by atoms with Crippen molar-refractivity contribution in [2.24, 2.45) is 0 Å². The highest BCUT2D eigenvalue weighted by Crippen LogP contribution is 2.30. The molecule has 9 heteroatoms. The van der Waals surface area contributed by atoms with Gasteiger partial charge in [0.05, 0.1) is 21.7 Å². The zero-order valence-electron chi connectivity index (χ0n) is 19.6. The molecule has 0 aliphatic carbocycles. The fourth-order valence-electron chi connectivity index (χ4n) is 4.06. The summed E-state index contributed by atoms with van der Waals surface area (Å²) in [5.41, 5.74) is 4.40. The summed E-state index contributed by atoms with van der Waals surface area (Å²) >= 11 is 2.88. The Hall–Kier alpha value is -4.08. The predicted molar refractivity (Wildman–Crippen MR) is 144 cm³/mol. The van der Waals surface area contributed by atoms with E-state index in [1.54, 1.807) is 11.3 Å². The van der Waals surface area contributed by atoms with E-state index in [1.807, 2.05) is 96.8 Å². The van der Waals surface area contributed by atoms with Crippen LogP contribution in [0.3, 0.4) is 0 Å². The van der Waals surface area contributed by atoms with Gasteiger partial charge in [-0.2, -0.15) is 14.6 Å². The van der Waals surface area contributed by atoms with Crippen molar-refractivity contribution in [3.8, 4) is 33.4 Å². The summed E-state index contributed by atoms with van der Waals surface area (Å²) in [4.78, 5) is 19.3. The molecule has 178 valence electrons. The molecule has 0 N–H and O–H groups in total. The van der Waals surface area contributed by atoms with Gasteiger partial charge in [-0.05, 0) is 67.3 Å². The minimum absolute atomic E-state index is 0.188. The summed E-state index contributed by atoms with van der Waals surface area (Å²) in [6, 6.07) is 19.8. The second-order valence-corrected chi connectivity index (χ2v) is 10.1. The number of rotatable bonds is 6. The average Bonchev–Trinajstić information content (AvgIpc) is 3.67. The number of para-hydroxylation sites is 1. The van der Waals surface area contributed by atoms with Gasteiger partial charge in [0.25, 0.3) is 5.56 Å². The van der Waals surface area contributed by atoms with Gasteiger partial charge >= 0.3 is 0 Å². The third-order valence-corrected chi connectivity index (χ3v) is 7.56. The maximum absolute atomic E-state index is 13.2. The van der Waals surface area contributed by atoms with Crippen molar-refractivity contribution in [1.29, 1.82) is 0 Å². The van der Waals surface area contributed by atoms with E-state index in [0.29, 0.717) is 21.9 Å². The molecule has 0 atom stereocenters. The Labute approximate surface area is 214 Å². The molecule has 0 saturated heterocycles. The first-order chi connectivity index (χ1) is 17.6. The van der Waals surface area contributed by atoms with Crippen molar-refractivity contribution < 1.29 is 4.74 Å². The van der Waals surface area contributed by atoms with E-state index in [0.717, 1.165) is 38.7 Å². The summed E-state index contributed by atoms with van der Waals surface area (Å²) in [5, 5.41) is 11.3. The summed E-state index contributed by atoms with van der Waals surface area (Å²) in [7, 11) is 0. The maximum Gasteiger partial charge on any atom is 0.291 e. The average molecular weight is 512 g/mol. The lowest BCUT2D eigenvalue weighted by Crippen LogP contribution is -2.23. The van der Waals surface area contributed by atoms with Crippen LogP contribution >= 0.6 is 22.7 Å². The monoisotopic (exact) mass is 511 g/mol. The van der Waals surface area contributed by atoms with Crippen molar-refractivity contribution >= 4 is 33.7 Å². The normalized spacial score (nSPS) is 12.0. The number of thiophene rings is 1. The molecule has 7 nitrogen and oxygen atoms in total. The summed E-state index contributed by atoms with van der Waals surface area (Å²) in [6.07, 6.45) is 3.83. The van der Waals surface area contributed by atoms with Gasteiger partial charge in [0.2, 0.25) is 4.96 Å². The van der Waals surface area contributed by atoms with E-state index in [9.17, 15) is 4.79 Å². The van der Waals surface area contributed by atoms with Crippen LogP contribution in [0, 0.1) is 6.92 Å². The first-order valence-electron chi connectivity index (χ1n) is 11.4. The van der Waals surface area contributed by atoms with Crippen LogP contribution in [0.25, 0.3) is 38.7 Å². The molecule has 36 heavy (non-hydrogen) atoms. The Bertz CT molecular complexity index is 1780. The Balaban J connectivity index is 1.50. The van der Waals surface area contributed by atoms with Gasteiger partial charge in [0.1, 0.15) is 11.4 Å². The van der Waals surface area contributed by atoms with E-state index in [-0.39, 0.29) is 5.56 Å². The lowest BCUT2D eigenvalue weighted by molar-refractivity contribution is 0.340. The van der Waals surface area contributed by atoms with Crippen LogP contribution in [0.5, 0.6) is 5.75 Å². The number of hydrogen-bond donors (Lipinski definition) is 0. The number of thiazole rings is 1. The first-order valence-corrected chi connectivity index (χ1v) is 13.1. The number of aryl methyl sites for hydroxylation is 1. The van der Waals surface area contributed by atoms with Crippen molar-refractivity contribution in [3.63, 3.8) is 0 Å². The van der Waals surface area contributed by atoms with E-state index in [1.165, 1.54) is 15.9 Å². The molecule has 4 aromatic heterocycles. The lowest BCUT2D eigenvalue weighted by Gasteiger charge is -2.08. The molecule has 0 unspecified atom stereocenters. The van der Waals surface area contributed by atoms with Crippen LogP contribution in [0.2, 0.25) is 0 Å². The number of fused-ring (bicyclic) bond motifs is 1. The Morgan fingerprint density at radius 1 is 1.06 bits per heavy atom. The summed E-state index contributed by atoms with van der Waals surface area (Å²) in [6.45, 7) is 4.61. The smallest absolute Gasteiger partial charge is 0.291 e. The Kier molecular flexibility index (Phi) is 5.71. The zero-order chi connectivity index (χ0) is 24.6. The van der Waals surface area contributed by atoms with Gasteiger partial charge in [-0.1, -0.05) is 35.6 Å². The van der Waals surface area contributed by atoms with Gasteiger partial charge in [-0.3, -0.25) is 4.79 Å². The van der Waals surface area contributed by atoms with Gasteiger partial charge in [0, 0.05) is 17.3 Å². The molecule has 0 bridgehead atoms. The number of aromatic nitrogens is 5. The van der Waals surface area contributed by atoms with Crippen molar-refractivity contribution in [1.82, 2.24) is 24.4 Å². The highest BCUT2D eigenvalue weighted by atomic mass is 32.1. The molecule has 6 rings (SSSR count). The number of nitrogens with zero attached hydrogens (tertiary/aromatic N) is 5. The van der Waals surface area contributed by atoms with Crippen LogP contribution in [0.15, 0.2) is 77.0 Å². The third-order valence-electron chi connectivity index (χ3n) is 5.74. The topological polar surface area (TPSA) is 74.3 Å². The van der Waals surface area contributed by atoms with Crippen molar-refractivity contribution in [3.05, 3.63) is 98.3 Å². The third kappa shape index (κ3) is 4.02. The molecule has 0 saturated carbocycles. The standard InChI is InChI=1S/C27H21N5O2S2/c1-3-34-20-11-12-21(17(2)14-20)24-18(16-31(29-24)19-8-5-4-6-9-19)15-23-26(33)32-27(36-23)28-25(30-32)22-10-7-13-35-22/h4-16H,3H2,1-2H3/b23-15-. The van der Waals surface area contributed by atoms with E-state index in [2.05, 4.69) is 10.1 Å². The van der Waals surface area contributed by atoms with Crippen LogP contribution in [0.4, 0.5) is 0 Å². The molecule has 0 amide bonds. The van der Waals surface area contributed by atoms with Crippen LogP contribution < -0.4 is 14.8 Å². The van der Waals surface area contributed by atoms with Crippen LogP contribution in [-0.4, -0.2) is 31.0 Å². The molecule has 0 fully saturated rings. The second-order valence-electron chi connectivity index (χ2n) is 8.15. The second kappa shape index (κ2) is 9.18. The van der Waals surface area contributed by atoms with E-state index >= 15 is 0 Å². The van der Waals surface area contributed by atoms with Crippen molar-refractivity contribution in [2.75, 3.05) is 6.61 Å². The molecular weight excluding hydrogens is 490 g/mol. The summed E-state index contributed by atoms with van der Waals surface area (Å²) < 4.78 is 9.45. The minimum atomic E-state index is -0.188. The number of ether oxygens (including phenoxy) is 1. The fraction of sp³-hybridized carbons (Fsp3) is 0.111. The van der Waals surface area contributed by atoms with Crippen LogP contribution in [-0.2, 0) is 0 Å². The minimum Gasteiger partial charge on any atom is -0.494 e. The Morgan fingerprint density at radius 3 is 2.64 bits per heavy atom. The van der Waals surface area contributed by atoms with Gasteiger partial charge in [-0.25, -0.2) is 4.68 Å². The molecule has 0 aliphatic heterocycles. The fourth-order valence-corrected chi connectivity index (χ4v) is 5.61. The predicted octanol–water partition coefficient (Wildman–Crippen LogP) is 4.99. The van der Waals surface area contributed by atoms with Gasteiger partial charge in [0.15, 0.2) is 5.82 Å². The van der Waals surface area contributed by atoms with Crippen molar-refractivity contribution in [2.45, 2.75) is 13.8 Å². The van der Waals surface area contributed by atoms with Crippen LogP contribution in [0.1, 0.15) is 18.1 Å². The SMILES string of the molecule is CCOc1ccc(-c2nn(-c3ccccc3)cc2/C=c2\sc3nc(-c4cccs4)nn3c2=O)c(C)c1. The highest BCUT2D eigenvalue weighted by Gasteiger charge is 2.16. The molecule has 4 heterocycles. The molecule has 0 spiro atoms. The molecule has 6 aromatic rings. The molecule has 2 aromatic carbocycles. The number of benzene rings is 2. The van der Waals surface area contributed by atoms with Gasteiger partial charge in [-0.15, -0.1) is 16.4 Å². The highest BCUT2D eigenvalue weighted by molar-refractivity contribution is 7.15. The molecular formula is C27H21N5O2S2. The molecule has 0 aliphatic rings. The maximum atomic E-state index is 13.2.